The maximum absolute atomic E-state index is 13.8. The summed E-state index contributed by atoms with van der Waals surface area (Å²) < 4.78 is 33.5. The Morgan fingerprint density at radius 2 is 2.08 bits per heavy atom. The minimum absolute atomic E-state index is 0.0245. The second-order valence-corrected chi connectivity index (χ2v) is 6.36. The smallest absolute Gasteiger partial charge is 0.295 e. The molecule has 136 valence electrons. The molecule has 0 spiro atoms. The van der Waals surface area contributed by atoms with Crippen LogP contribution < -0.4 is 10.3 Å². The highest BCUT2D eigenvalue weighted by Gasteiger charge is 2.16. The van der Waals surface area contributed by atoms with Gasteiger partial charge in [0.05, 0.1) is 12.6 Å². The van der Waals surface area contributed by atoms with Gasteiger partial charge in [-0.05, 0) is 31.4 Å². The van der Waals surface area contributed by atoms with Crippen molar-refractivity contribution in [3.63, 3.8) is 0 Å². The van der Waals surface area contributed by atoms with E-state index in [1.54, 1.807) is 6.26 Å². The minimum atomic E-state index is -0.930. The van der Waals surface area contributed by atoms with Crippen LogP contribution in [0.15, 0.2) is 40.4 Å². The molecule has 0 fully saturated rings. The van der Waals surface area contributed by atoms with Crippen molar-refractivity contribution in [1.29, 1.82) is 0 Å². The molecule has 1 N–H and O–H groups in total. The number of pyridine rings is 1. The number of aliphatic hydroxyl groups is 1. The number of fused-ring (bicyclic) bond motifs is 1. The molecule has 0 saturated carbocycles. The summed E-state index contributed by atoms with van der Waals surface area (Å²) in [5.74, 6) is -2.14. The molecule has 0 unspecified atom stereocenters. The van der Waals surface area contributed by atoms with Crippen molar-refractivity contribution in [2.75, 3.05) is 6.26 Å². The van der Waals surface area contributed by atoms with E-state index in [-0.39, 0.29) is 18.0 Å². The third-order valence-corrected chi connectivity index (χ3v) is 4.08. The number of nitrogens with zero attached hydrogens (tertiary/aromatic N) is 3. The van der Waals surface area contributed by atoms with E-state index in [4.69, 9.17) is 4.74 Å². The number of aromatic nitrogens is 3. The van der Waals surface area contributed by atoms with Gasteiger partial charge in [-0.15, -0.1) is 0 Å². The van der Waals surface area contributed by atoms with Crippen molar-refractivity contribution >= 4 is 22.8 Å². The van der Waals surface area contributed by atoms with Gasteiger partial charge in [-0.1, -0.05) is 11.8 Å². The molecule has 1 atom stereocenters. The fourth-order valence-electron chi connectivity index (χ4n) is 2.40. The summed E-state index contributed by atoms with van der Waals surface area (Å²) in [7, 11) is 0. The van der Waals surface area contributed by atoms with Gasteiger partial charge in [0, 0.05) is 17.6 Å². The molecule has 2 heterocycles. The molecule has 26 heavy (non-hydrogen) atoms. The van der Waals surface area contributed by atoms with Crippen molar-refractivity contribution < 1.29 is 18.6 Å². The lowest BCUT2D eigenvalue weighted by atomic mass is 10.3. The fourth-order valence-corrected chi connectivity index (χ4v) is 2.73. The predicted octanol–water partition coefficient (Wildman–Crippen LogP) is 2.96. The Bertz CT molecular complexity index is 1020. The Balaban J connectivity index is 2.16. The third kappa shape index (κ3) is 3.68. The molecule has 0 saturated heterocycles. The highest BCUT2D eigenvalue weighted by atomic mass is 32.2. The predicted molar refractivity (Wildman–Crippen MR) is 93.7 cm³/mol. The molecule has 0 aliphatic carbocycles. The number of hydrogen-bond acceptors (Lipinski definition) is 6. The van der Waals surface area contributed by atoms with Crippen LogP contribution in [-0.2, 0) is 6.54 Å². The van der Waals surface area contributed by atoms with Crippen LogP contribution in [-0.4, -0.2) is 32.0 Å². The van der Waals surface area contributed by atoms with E-state index in [0.717, 1.165) is 12.1 Å². The first-order valence-corrected chi connectivity index (χ1v) is 8.87. The van der Waals surface area contributed by atoms with Gasteiger partial charge < -0.3 is 9.84 Å². The molecule has 0 bridgehead atoms. The first-order chi connectivity index (χ1) is 12.4. The lowest BCUT2D eigenvalue weighted by Crippen LogP contribution is -2.27. The average Bonchev–Trinajstić information content (AvgIpc) is 2.60. The van der Waals surface area contributed by atoms with E-state index in [0.29, 0.717) is 22.3 Å². The highest BCUT2D eigenvalue weighted by Crippen LogP contribution is 2.25. The Hall–Kier alpha value is -2.52. The number of benzene rings is 1. The first-order valence-electron chi connectivity index (χ1n) is 7.64. The SMILES string of the molecule is CSc1ncc2cc(Oc3ccc(F)cc3F)c(=O)n(C[C@H](C)O)c2n1. The number of rotatable bonds is 5. The first kappa shape index (κ1) is 18.3. The standard InChI is InChI=1S/C17H15F2N3O3S/c1-9(23)8-22-15-10(7-20-17(21-15)26-2)5-14(16(22)24)25-13-4-3-11(18)6-12(13)19/h3-7,9,23H,8H2,1-2H3/t9-/m0/s1. The van der Waals surface area contributed by atoms with E-state index in [1.165, 1.54) is 35.5 Å². The number of aliphatic hydroxyl groups excluding tert-OH is 1. The summed E-state index contributed by atoms with van der Waals surface area (Å²) in [6.07, 6.45) is 2.49. The van der Waals surface area contributed by atoms with Crippen molar-refractivity contribution in [2.45, 2.75) is 24.7 Å². The van der Waals surface area contributed by atoms with Crippen molar-refractivity contribution in [3.05, 3.63) is 52.5 Å². The second-order valence-electron chi connectivity index (χ2n) is 5.59. The van der Waals surface area contributed by atoms with Crippen LogP contribution in [0.1, 0.15) is 6.92 Å². The Labute approximate surface area is 151 Å². The molecule has 2 aromatic heterocycles. The van der Waals surface area contributed by atoms with Crippen LogP contribution in [0.3, 0.4) is 0 Å². The molecule has 0 aliphatic heterocycles. The summed E-state index contributed by atoms with van der Waals surface area (Å²) in [6.45, 7) is 1.51. The van der Waals surface area contributed by atoms with Gasteiger partial charge >= 0.3 is 0 Å². The Morgan fingerprint density at radius 1 is 1.31 bits per heavy atom. The van der Waals surface area contributed by atoms with Crippen LogP contribution in [0.5, 0.6) is 11.5 Å². The molecule has 9 heteroatoms. The zero-order valence-electron chi connectivity index (χ0n) is 13.9. The van der Waals surface area contributed by atoms with Crippen LogP contribution in [0.25, 0.3) is 11.0 Å². The van der Waals surface area contributed by atoms with Crippen molar-refractivity contribution in [1.82, 2.24) is 14.5 Å². The van der Waals surface area contributed by atoms with Gasteiger partial charge in [-0.2, -0.15) is 0 Å². The van der Waals surface area contributed by atoms with E-state index in [9.17, 15) is 18.7 Å². The Kier molecular flexibility index (Phi) is 5.19. The lowest BCUT2D eigenvalue weighted by molar-refractivity contribution is 0.173. The summed E-state index contributed by atoms with van der Waals surface area (Å²) >= 11 is 1.31. The van der Waals surface area contributed by atoms with Gasteiger partial charge in [0.2, 0.25) is 0 Å². The fraction of sp³-hybridized carbons (Fsp3) is 0.235. The summed E-state index contributed by atoms with van der Waals surface area (Å²) in [5.41, 5.74) is -0.255. The quantitative estimate of drug-likeness (QED) is 0.543. The van der Waals surface area contributed by atoms with Crippen molar-refractivity contribution in [2.24, 2.45) is 0 Å². The summed E-state index contributed by atoms with van der Waals surface area (Å²) in [5, 5.41) is 10.7. The molecule has 0 radical (unpaired) electrons. The number of hydrogen-bond donors (Lipinski definition) is 1. The molecule has 3 aromatic rings. The maximum atomic E-state index is 13.8. The molecule has 0 amide bonds. The van der Waals surface area contributed by atoms with Gasteiger partial charge in [-0.25, -0.2) is 18.7 Å². The van der Waals surface area contributed by atoms with Crippen LogP contribution in [0.4, 0.5) is 8.78 Å². The van der Waals surface area contributed by atoms with Crippen molar-refractivity contribution in [3.8, 4) is 11.5 Å². The maximum Gasteiger partial charge on any atom is 0.295 e. The van der Waals surface area contributed by atoms with E-state index < -0.39 is 23.3 Å². The number of halogens is 2. The van der Waals surface area contributed by atoms with Crippen LogP contribution in [0, 0.1) is 11.6 Å². The Morgan fingerprint density at radius 3 is 2.73 bits per heavy atom. The number of thioether (sulfide) groups is 1. The summed E-state index contributed by atoms with van der Waals surface area (Å²) in [6, 6.07) is 4.18. The molecular weight excluding hydrogens is 364 g/mol. The van der Waals surface area contributed by atoms with Gasteiger partial charge in [0.15, 0.2) is 22.5 Å². The monoisotopic (exact) mass is 379 g/mol. The average molecular weight is 379 g/mol. The van der Waals surface area contributed by atoms with Gasteiger partial charge in [-0.3, -0.25) is 9.36 Å². The molecule has 3 rings (SSSR count). The normalized spacial score (nSPS) is 12.3. The van der Waals surface area contributed by atoms with Crippen LogP contribution >= 0.6 is 11.8 Å². The molecule has 1 aromatic carbocycles. The molecular formula is C17H15F2N3O3S. The highest BCUT2D eigenvalue weighted by molar-refractivity contribution is 7.98. The largest absolute Gasteiger partial charge is 0.448 e. The minimum Gasteiger partial charge on any atom is -0.448 e. The third-order valence-electron chi connectivity index (χ3n) is 3.52. The van der Waals surface area contributed by atoms with Gasteiger partial charge in [0.25, 0.3) is 5.56 Å². The zero-order valence-corrected chi connectivity index (χ0v) is 14.8. The summed E-state index contributed by atoms with van der Waals surface area (Å²) in [4.78, 5) is 21.2. The lowest BCUT2D eigenvalue weighted by Gasteiger charge is -2.14. The topological polar surface area (TPSA) is 77.2 Å². The molecule has 6 nitrogen and oxygen atoms in total. The van der Waals surface area contributed by atoms with Crippen LogP contribution in [0.2, 0.25) is 0 Å². The van der Waals surface area contributed by atoms with Gasteiger partial charge in [0.1, 0.15) is 11.5 Å². The second kappa shape index (κ2) is 7.38. The van der Waals surface area contributed by atoms with E-state index in [1.807, 2.05) is 0 Å². The zero-order chi connectivity index (χ0) is 18.8. The van der Waals surface area contributed by atoms with E-state index in [2.05, 4.69) is 9.97 Å². The molecule has 0 aliphatic rings. The van der Waals surface area contributed by atoms with E-state index >= 15 is 0 Å². The number of ether oxygens (including phenoxy) is 1.